The number of benzene rings is 3. The van der Waals surface area contributed by atoms with Crippen LogP contribution in [0.4, 0.5) is 11.4 Å². The van der Waals surface area contributed by atoms with Crippen molar-refractivity contribution in [2.45, 2.75) is 11.0 Å². The van der Waals surface area contributed by atoms with Crippen LogP contribution < -0.4 is 14.4 Å². The van der Waals surface area contributed by atoms with E-state index >= 15 is 0 Å². The van der Waals surface area contributed by atoms with E-state index in [1.54, 1.807) is 18.2 Å². The summed E-state index contributed by atoms with van der Waals surface area (Å²) in [5, 5.41) is 2.92. The van der Waals surface area contributed by atoms with Crippen LogP contribution in [0.15, 0.2) is 71.6 Å². The summed E-state index contributed by atoms with van der Waals surface area (Å²) in [6.07, 6.45) is -1.30. The van der Waals surface area contributed by atoms with E-state index in [1.807, 2.05) is 0 Å². The number of hydrogen-bond acceptors (Lipinski definition) is 8. The summed E-state index contributed by atoms with van der Waals surface area (Å²) < 4.78 is 43.4. The Kier molecular flexibility index (Phi) is 7.37. The number of fused-ring (bicyclic) bond motifs is 1. The Bertz CT molecular complexity index is 1470. The molecule has 3 aromatic rings. The van der Waals surface area contributed by atoms with Crippen molar-refractivity contribution in [3.8, 4) is 5.75 Å². The number of sulfonamides is 1. The van der Waals surface area contributed by atoms with Crippen LogP contribution >= 0.6 is 11.6 Å². The monoisotopic (exact) mass is 544 g/mol. The van der Waals surface area contributed by atoms with Crippen LogP contribution in [-0.2, 0) is 24.3 Å². The third kappa shape index (κ3) is 5.23. The van der Waals surface area contributed by atoms with Crippen molar-refractivity contribution in [3.05, 3.63) is 82.9 Å². The topological polar surface area (TPSA) is 128 Å². The molecule has 1 atom stereocenters. The summed E-state index contributed by atoms with van der Waals surface area (Å²) in [5.74, 6) is -2.02. The van der Waals surface area contributed by atoms with Crippen LogP contribution in [0.25, 0.3) is 0 Å². The number of carbonyl (C=O) groups is 3. The second kappa shape index (κ2) is 10.5. The molecule has 192 valence electrons. The second-order valence-electron chi connectivity index (χ2n) is 7.80. The summed E-state index contributed by atoms with van der Waals surface area (Å²) >= 11 is 5.91. The van der Waals surface area contributed by atoms with Crippen molar-refractivity contribution >= 4 is 50.8 Å². The molecule has 1 aliphatic heterocycles. The van der Waals surface area contributed by atoms with Gasteiger partial charge in [-0.2, -0.15) is 0 Å². The molecule has 1 heterocycles. The van der Waals surface area contributed by atoms with Crippen LogP contribution in [-0.4, -0.2) is 53.1 Å². The molecule has 0 saturated heterocycles. The third-order valence-electron chi connectivity index (χ3n) is 5.53. The Morgan fingerprint density at radius 2 is 1.65 bits per heavy atom. The Morgan fingerprint density at radius 1 is 0.973 bits per heavy atom. The fraction of sp³-hybridized carbons (Fsp3) is 0.160. The molecule has 1 N–H and O–H groups in total. The number of para-hydroxylation sites is 2. The minimum Gasteiger partial charge on any atom is -0.476 e. The summed E-state index contributed by atoms with van der Waals surface area (Å²) in [6, 6.07) is 15.9. The highest BCUT2D eigenvalue weighted by atomic mass is 35.5. The Balaban J connectivity index is 1.69. The van der Waals surface area contributed by atoms with Gasteiger partial charge in [0.05, 0.1) is 48.2 Å². The molecule has 1 amide bonds. The van der Waals surface area contributed by atoms with Gasteiger partial charge in [0.1, 0.15) is 5.75 Å². The van der Waals surface area contributed by atoms with Crippen molar-refractivity contribution in [2.75, 3.05) is 30.4 Å². The molecule has 0 fully saturated rings. The van der Waals surface area contributed by atoms with E-state index < -0.39 is 34.0 Å². The highest BCUT2D eigenvalue weighted by molar-refractivity contribution is 7.92. The zero-order chi connectivity index (χ0) is 26.7. The average molecular weight is 545 g/mol. The standard InChI is InChI=1S/C25H21ClN2O8S/c1-34-24(30)15-7-12-18(25(31)35-2)19(13-15)27-23(29)22-14-28(20-5-3-4-6-21(20)36-22)37(32,33)17-10-8-16(26)9-11-17/h3-13,22H,14H2,1-2H3,(H,27,29)/t22-/m1/s1. The predicted octanol–water partition coefficient (Wildman–Crippen LogP) is 3.51. The molecular formula is C25H21ClN2O8S. The summed E-state index contributed by atoms with van der Waals surface area (Å²) in [6.45, 7) is -0.363. The first kappa shape index (κ1) is 26.0. The van der Waals surface area contributed by atoms with E-state index in [-0.39, 0.29) is 39.7 Å². The molecule has 0 bridgehead atoms. The number of carbonyl (C=O) groups excluding carboxylic acids is 3. The van der Waals surface area contributed by atoms with Gasteiger partial charge in [0, 0.05) is 5.02 Å². The van der Waals surface area contributed by atoms with Crippen LogP contribution in [0.2, 0.25) is 5.02 Å². The summed E-state index contributed by atoms with van der Waals surface area (Å²) in [5.41, 5.74) is 0.274. The summed E-state index contributed by atoms with van der Waals surface area (Å²) in [4.78, 5) is 37.5. The lowest BCUT2D eigenvalue weighted by molar-refractivity contribution is -0.122. The Labute approximate surface area is 217 Å². The molecule has 0 spiro atoms. The van der Waals surface area contributed by atoms with Gasteiger partial charge in [-0.05, 0) is 54.6 Å². The SMILES string of the molecule is COC(=O)c1ccc(C(=O)OC)c(NC(=O)[C@H]2CN(S(=O)(=O)c3ccc(Cl)cc3)c3ccccc3O2)c1. The number of ether oxygens (including phenoxy) is 3. The third-order valence-corrected chi connectivity index (χ3v) is 7.58. The number of nitrogens with one attached hydrogen (secondary N) is 1. The van der Waals surface area contributed by atoms with E-state index in [0.29, 0.717) is 5.02 Å². The molecule has 0 saturated carbocycles. The van der Waals surface area contributed by atoms with E-state index in [0.717, 1.165) is 4.31 Å². The fourth-order valence-electron chi connectivity index (χ4n) is 3.69. The number of esters is 2. The number of rotatable bonds is 6. The molecular weight excluding hydrogens is 524 g/mol. The number of methoxy groups -OCH3 is 2. The van der Waals surface area contributed by atoms with Gasteiger partial charge in [0.15, 0.2) is 6.10 Å². The quantitative estimate of drug-likeness (QED) is 0.467. The van der Waals surface area contributed by atoms with Gasteiger partial charge >= 0.3 is 11.9 Å². The van der Waals surface area contributed by atoms with E-state index in [1.165, 1.54) is 62.8 Å². The second-order valence-corrected chi connectivity index (χ2v) is 10.1. The van der Waals surface area contributed by atoms with Crippen LogP contribution in [0.1, 0.15) is 20.7 Å². The minimum absolute atomic E-state index is 0.0217. The van der Waals surface area contributed by atoms with Crippen LogP contribution in [0.3, 0.4) is 0 Å². The lowest BCUT2D eigenvalue weighted by atomic mass is 10.1. The van der Waals surface area contributed by atoms with Gasteiger partial charge in [-0.3, -0.25) is 9.10 Å². The first-order chi connectivity index (χ1) is 17.6. The molecule has 0 radical (unpaired) electrons. The fourth-order valence-corrected chi connectivity index (χ4v) is 5.30. The van der Waals surface area contributed by atoms with Crippen LogP contribution in [0.5, 0.6) is 5.75 Å². The molecule has 0 unspecified atom stereocenters. The number of halogens is 1. The summed E-state index contributed by atoms with van der Waals surface area (Å²) in [7, 11) is -1.74. The smallest absolute Gasteiger partial charge is 0.339 e. The molecule has 0 aromatic heterocycles. The van der Waals surface area contributed by atoms with Crippen molar-refractivity contribution in [1.82, 2.24) is 0 Å². The maximum absolute atomic E-state index is 13.5. The van der Waals surface area contributed by atoms with Crippen molar-refractivity contribution in [3.63, 3.8) is 0 Å². The van der Waals surface area contributed by atoms with Crippen LogP contribution in [0, 0.1) is 0 Å². The van der Waals surface area contributed by atoms with Gasteiger partial charge in [0.2, 0.25) is 0 Å². The van der Waals surface area contributed by atoms with Crippen molar-refractivity contribution in [1.29, 1.82) is 0 Å². The van der Waals surface area contributed by atoms with Gasteiger partial charge in [0.25, 0.3) is 15.9 Å². The Morgan fingerprint density at radius 3 is 2.32 bits per heavy atom. The zero-order valence-corrected chi connectivity index (χ0v) is 21.2. The molecule has 1 aliphatic rings. The van der Waals surface area contributed by atoms with Gasteiger partial charge in [-0.15, -0.1) is 0 Å². The van der Waals surface area contributed by atoms with Gasteiger partial charge in [-0.25, -0.2) is 18.0 Å². The number of hydrogen-bond donors (Lipinski definition) is 1. The van der Waals surface area contributed by atoms with Crippen molar-refractivity contribution < 1.29 is 37.0 Å². The number of anilines is 2. The molecule has 10 nitrogen and oxygen atoms in total. The van der Waals surface area contributed by atoms with Gasteiger partial charge in [-0.1, -0.05) is 23.7 Å². The van der Waals surface area contributed by atoms with E-state index in [9.17, 15) is 22.8 Å². The average Bonchev–Trinajstić information content (AvgIpc) is 2.91. The number of amides is 1. The Hall–Kier alpha value is -4.09. The highest BCUT2D eigenvalue weighted by Crippen LogP contribution is 2.37. The van der Waals surface area contributed by atoms with Crippen molar-refractivity contribution in [2.24, 2.45) is 0 Å². The predicted molar refractivity (Wildman–Crippen MR) is 135 cm³/mol. The largest absolute Gasteiger partial charge is 0.476 e. The van der Waals surface area contributed by atoms with E-state index in [4.69, 9.17) is 25.8 Å². The van der Waals surface area contributed by atoms with Gasteiger partial charge < -0.3 is 19.5 Å². The zero-order valence-electron chi connectivity index (χ0n) is 19.6. The normalized spacial score (nSPS) is 14.7. The molecule has 37 heavy (non-hydrogen) atoms. The lowest BCUT2D eigenvalue weighted by Crippen LogP contribution is -2.48. The maximum atomic E-state index is 13.5. The molecule has 4 rings (SSSR count). The molecule has 0 aliphatic carbocycles. The highest BCUT2D eigenvalue weighted by Gasteiger charge is 2.38. The first-order valence-corrected chi connectivity index (χ1v) is 12.6. The first-order valence-electron chi connectivity index (χ1n) is 10.8. The maximum Gasteiger partial charge on any atom is 0.339 e. The minimum atomic E-state index is -4.10. The van der Waals surface area contributed by atoms with E-state index in [2.05, 4.69) is 5.32 Å². The number of nitrogens with zero attached hydrogens (tertiary/aromatic N) is 1. The lowest BCUT2D eigenvalue weighted by Gasteiger charge is -2.34. The molecule has 12 heteroatoms. The molecule has 3 aromatic carbocycles.